The van der Waals surface area contributed by atoms with Crippen LogP contribution in [0.4, 0.5) is 0 Å². The molecule has 0 aromatic heterocycles. The minimum atomic E-state index is -1.82. The van der Waals surface area contributed by atoms with Crippen LogP contribution in [0.25, 0.3) is 5.57 Å². The number of allylic oxidation sites excluding steroid dienone is 2. The molecule has 0 fully saturated rings. The molecule has 21 heavy (non-hydrogen) atoms. The average Bonchev–Trinajstić information content (AvgIpc) is 2.44. The average molecular weight is 291 g/mol. The fourth-order valence-corrected chi connectivity index (χ4v) is 1.71. The second-order valence-corrected chi connectivity index (χ2v) is 4.68. The number of aliphatic hydroxyl groups is 1. The quantitative estimate of drug-likeness (QED) is 0.280. The van der Waals surface area contributed by atoms with Gasteiger partial charge in [-0.2, -0.15) is 0 Å². The molecule has 0 radical (unpaired) electrons. The third kappa shape index (κ3) is 4.16. The number of esters is 1. The maximum Gasteiger partial charge on any atom is 0.338 e. The molecule has 0 unspecified atom stereocenters. The van der Waals surface area contributed by atoms with Gasteiger partial charge in [-0.3, -0.25) is 17.2 Å². The van der Waals surface area contributed by atoms with Gasteiger partial charge in [-0.05, 0) is 42.7 Å². The van der Waals surface area contributed by atoms with Gasteiger partial charge >= 0.3 is 5.97 Å². The van der Waals surface area contributed by atoms with Crippen LogP contribution in [0.1, 0.15) is 29.8 Å². The highest BCUT2D eigenvalue weighted by Gasteiger charge is 2.22. The van der Waals surface area contributed by atoms with Crippen molar-refractivity contribution < 1.29 is 14.6 Å². The Kier molecular flexibility index (Phi) is 5.26. The Labute approximate surface area is 123 Å². The van der Waals surface area contributed by atoms with Crippen LogP contribution in [0, 0.1) is 0 Å². The lowest BCUT2D eigenvalue weighted by Gasteiger charge is -2.21. The van der Waals surface area contributed by atoms with Crippen molar-refractivity contribution in [2.24, 2.45) is 17.2 Å². The van der Waals surface area contributed by atoms with Gasteiger partial charge in [0, 0.05) is 0 Å². The van der Waals surface area contributed by atoms with Gasteiger partial charge in [-0.25, -0.2) is 4.79 Å². The number of benzene rings is 1. The molecule has 0 aliphatic heterocycles. The molecule has 0 aliphatic rings. The van der Waals surface area contributed by atoms with E-state index in [0.29, 0.717) is 28.9 Å². The van der Waals surface area contributed by atoms with Gasteiger partial charge in [0.15, 0.2) is 5.79 Å². The maximum absolute atomic E-state index is 11.6. The number of carbonyl (C=O) groups is 1. The molecule has 0 heterocycles. The highest BCUT2D eigenvalue weighted by Crippen LogP contribution is 2.24. The van der Waals surface area contributed by atoms with Gasteiger partial charge in [-0.1, -0.05) is 18.7 Å². The zero-order chi connectivity index (χ0) is 16.2. The zero-order valence-corrected chi connectivity index (χ0v) is 12.2. The summed E-state index contributed by atoms with van der Waals surface area (Å²) >= 11 is 0. The summed E-state index contributed by atoms with van der Waals surface area (Å²) < 4.78 is 4.90. The fourth-order valence-electron chi connectivity index (χ4n) is 1.71. The summed E-state index contributed by atoms with van der Waals surface area (Å²) in [5.41, 5.74) is 18.3. The van der Waals surface area contributed by atoms with Gasteiger partial charge in [0.05, 0.1) is 12.2 Å². The fraction of sp³-hybridized carbons (Fsp3) is 0.267. The van der Waals surface area contributed by atoms with E-state index >= 15 is 0 Å². The Morgan fingerprint density at radius 3 is 2.14 bits per heavy atom. The normalized spacial score (nSPS) is 12.6. The van der Waals surface area contributed by atoms with E-state index in [1.54, 1.807) is 38.1 Å². The van der Waals surface area contributed by atoms with Crippen molar-refractivity contribution in [3.8, 4) is 0 Å². The minimum Gasteiger partial charge on any atom is -0.507 e. The van der Waals surface area contributed by atoms with Crippen LogP contribution in [0.5, 0.6) is 0 Å². The van der Waals surface area contributed by atoms with E-state index in [2.05, 4.69) is 6.58 Å². The Balaban J connectivity index is 3.03. The first-order valence-corrected chi connectivity index (χ1v) is 6.42. The number of carbonyl (C=O) groups excluding carboxylic acids is 1. The molecule has 114 valence electrons. The van der Waals surface area contributed by atoms with Crippen LogP contribution < -0.4 is 17.2 Å². The molecule has 6 heteroatoms. The third-order valence-corrected chi connectivity index (χ3v) is 2.96. The summed E-state index contributed by atoms with van der Waals surface area (Å²) in [6, 6.07) is 6.61. The van der Waals surface area contributed by atoms with E-state index in [-0.39, 0.29) is 5.76 Å². The van der Waals surface area contributed by atoms with Crippen LogP contribution in [-0.4, -0.2) is 23.5 Å². The first-order valence-electron chi connectivity index (χ1n) is 6.42. The van der Waals surface area contributed by atoms with E-state index in [1.807, 2.05) is 0 Å². The van der Waals surface area contributed by atoms with Gasteiger partial charge in [0.2, 0.25) is 0 Å². The van der Waals surface area contributed by atoms with Crippen molar-refractivity contribution in [1.82, 2.24) is 0 Å². The molecule has 0 atom stereocenters. The van der Waals surface area contributed by atoms with Crippen molar-refractivity contribution in [3.63, 3.8) is 0 Å². The molecule has 0 saturated carbocycles. The first-order chi connectivity index (χ1) is 9.68. The lowest BCUT2D eigenvalue weighted by Crippen LogP contribution is -2.59. The number of ether oxygens (including phenoxy) is 1. The van der Waals surface area contributed by atoms with E-state index in [1.165, 1.54) is 0 Å². The van der Waals surface area contributed by atoms with Crippen LogP contribution in [-0.2, 0) is 4.74 Å². The second-order valence-electron chi connectivity index (χ2n) is 4.68. The predicted molar refractivity (Wildman–Crippen MR) is 82.1 cm³/mol. The van der Waals surface area contributed by atoms with Crippen LogP contribution in [0.2, 0.25) is 0 Å². The summed E-state index contributed by atoms with van der Waals surface area (Å²) in [6.07, 6.45) is 0. The molecule has 0 amide bonds. The van der Waals surface area contributed by atoms with Crippen LogP contribution in [0.15, 0.2) is 42.2 Å². The summed E-state index contributed by atoms with van der Waals surface area (Å²) in [7, 11) is 0. The molecule has 6 nitrogen and oxygen atoms in total. The third-order valence-electron chi connectivity index (χ3n) is 2.96. The number of rotatable bonds is 5. The van der Waals surface area contributed by atoms with E-state index in [9.17, 15) is 9.90 Å². The molecule has 0 saturated heterocycles. The lowest BCUT2D eigenvalue weighted by atomic mass is 9.97. The molecule has 1 rings (SSSR count). The number of aliphatic hydroxyl groups excluding tert-OH is 1. The standard InChI is InChI=1S/C15H21N3O3/c1-4-21-14(20)12-7-5-11(6-8-12)9(2)10(3)13(19)15(16,17)18/h5-8,19H,2,4,16-18H2,1,3H3/b13-10-. The van der Waals surface area contributed by atoms with Crippen molar-refractivity contribution in [2.75, 3.05) is 6.61 Å². The minimum absolute atomic E-state index is 0.314. The van der Waals surface area contributed by atoms with E-state index in [0.717, 1.165) is 0 Å². The first kappa shape index (κ1) is 16.9. The Hall–Kier alpha value is -2.15. The Morgan fingerprint density at radius 2 is 1.71 bits per heavy atom. The van der Waals surface area contributed by atoms with Crippen molar-refractivity contribution >= 4 is 11.5 Å². The predicted octanol–water partition coefficient (Wildman–Crippen LogP) is 1.24. The second kappa shape index (κ2) is 6.53. The Morgan fingerprint density at radius 1 is 1.24 bits per heavy atom. The number of nitrogens with two attached hydrogens (primary N) is 3. The van der Waals surface area contributed by atoms with Crippen LogP contribution >= 0.6 is 0 Å². The maximum atomic E-state index is 11.6. The molecular formula is C15H21N3O3. The van der Waals surface area contributed by atoms with Gasteiger partial charge < -0.3 is 9.84 Å². The summed E-state index contributed by atoms with van der Waals surface area (Å²) in [5, 5.41) is 9.87. The monoisotopic (exact) mass is 291 g/mol. The Bertz CT molecular complexity index is 569. The smallest absolute Gasteiger partial charge is 0.338 e. The molecule has 1 aromatic rings. The van der Waals surface area contributed by atoms with E-state index < -0.39 is 11.8 Å². The van der Waals surface area contributed by atoms with Crippen molar-refractivity contribution in [3.05, 3.63) is 53.3 Å². The highest BCUT2D eigenvalue weighted by molar-refractivity contribution is 5.90. The molecular weight excluding hydrogens is 270 g/mol. The van der Waals surface area contributed by atoms with Crippen LogP contribution in [0.3, 0.4) is 0 Å². The summed E-state index contributed by atoms with van der Waals surface area (Å²) in [6.45, 7) is 7.53. The molecule has 7 N–H and O–H groups in total. The molecule has 0 spiro atoms. The summed E-state index contributed by atoms with van der Waals surface area (Å²) in [5.74, 6) is -2.56. The topological polar surface area (TPSA) is 125 Å². The lowest BCUT2D eigenvalue weighted by molar-refractivity contribution is 0.0526. The van der Waals surface area contributed by atoms with E-state index in [4.69, 9.17) is 21.9 Å². The molecule has 0 aliphatic carbocycles. The van der Waals surface area contributed by atoms with Gasteiger partial charge in [0.25, 0.3) is 0 Å². The van der Waals surface area contributed by atoms with Crippen molar-refractivity contribution in [1.29, 1.82) is 0 Å². The molecule has 1 aromatic carbocycles. The van der Waals surface area contributed by atoms with Crippen molar-refractivity contribution in [2.45, 2.75) is 19.6 Å². The van der Waals surface area contributed by atoms with Gasteiger partial charge in [0.1, 0.15) is 5.76 Å². The van der Waals surface area contributed by atoms with Gasteiger partial charge in [-0.15, -0.1) is 0 Å². The molecule has 0 bridgehead atoms. The zero-order valence-electron chi connectivity index (χ0n) is 12.2. The largest absolute Gasteiger partial charge is 0.507 e. The highest BCUT2D eigenvalue weighted by atomic mass is 16.5. The number of hydrogen-bond acceptors (Lipinski definition) is 6. The number of hydrogen-bond donors (Lipinski definition) is 4. The summed E-state index contributed by atoms with van der Waals surface area (Å²) in [4.78, 5) is 11.6. The SMILES string of the molecule is C=C(/C(C)=C(\O)C(N)(N)N)c1ccc(C(=O)OCC)cc1.